The number of primary amides is 1. The van der Waals surface area contributed by atoms with Gasteiger partial charge in [0.1, 0.15) is 11.5 Å². The van der Waals surface area contributed by atoms with Crippen molar-refractivity contribution in [2.75, 3.05) is 12.4 Å². The van der Waals surface area contributed by atoms with E-state index >= 15 is 0 Å². The van der Waals surface area contributed by atoms with Gasteiger partial charge in [-0.15, -0.1) is 0 Å². The zero-order valence-electron chi connectivity index (χ0n) is 19.4. The van der Waals surface area contributed by atoms with Crippen LogP contribution in [0.2, 0.25) is 0 Å². The molecule has 0 aliphatic carbocycles. The van der Waals surface area contributed by atoms with Crippen molar-refractivity contribution in [3.8, 4) is 11.5 Å². The van der Waals surface area contributed by atoms with Gasteiger partial charge in [0.05, 0.1) is 18.2 Å². The van der Waals surface area contributed by atoms with Crippen molar-refractivity contribution >= 4 is 23.5 Å². The Labute approximate surface area is 197 Å². The first-order chi connectivity index (χ1) is 16.1. The lowest BCUT2D eigenvalue weighted by Crippen LogP contribution is -2.20. The third-order valence-electron chi connectivity index (χ3n) is 5.00. The molecule has 3 aromatic rings. The first-order valence-electron chi connectivity index (χ1n) is 10.5. The molecule has 0 bridgehead atoms. The zero-order valence-corrected chi connectivity index (χ0v) is 19.4. The van der Waals surface area contributed by atoms with Gasteiger partial charge in [0, 0.05) is 11.3 Å². The minimum atomic E-state index is -0.884. The number of nitrogens with two attached hydrogens (primary N) is 1. The van der Waals surface area contributed by atoms with E-state index in [0.717, 1.165) is 7.11 Å². The van der Waals surface area contributed by atoms with E-state index < -0.39 is 17.8 Å². The molecule has 34 heavy (non-hydrogen) atoms. The highest BCUT2D eigenvalue weighted by atomic mass is 17.2. The fourth-order valence-electron chi connectivity index (χ4n) is 3.15. The van der Waals surface area contributed by atoms with Gasteiger partial charge in [-0.3, -0.25) is 14.5 Å². The summed E-state index contributed by atoms with van der Waals surface area (Å²) in [7, 11) is 1.16. The Morgan fingerprint density at radius 2 is 1.41 bits per heavy atom. The number of nitrogens with one attached hydrogen (secondary N) is 1. The van der Waals surface area contributed by atoms with Crippen LogP contribution in [0.3, 0.4) is 0 Å². The van der Waals surface area contributed by atoms with Crippen LogP contribution in [0.25, 0.3) is 0 Å². The second kappa shape index (κ2) is 10.2. The molecule has 0 saturated heterocycles. The van der Waals surface area contributed by atoms with Gasteiger partial charge in [0.25, 0.3) is 5.91 Å². The molecule has 0 aliphatic rings. The van der Waals surface area contributed by atoms with E-state index in [-0.39, 0.29) is 22.1 Å². The fraction of sp³-hybridized carbons (Fsp3) is 0.192. The van der Waals surface area contributed by atoms with Crippen LogP contribution in [0, 0.1) is 0 Å². The molecule has 8 nitrogen and oxygen atoms in total. The van der Waals surface area contributed by atoms with Gasteiger partial charge >= 0.3 is 5.97 Å². The van der Waals surface area contributed by atoms with E-state index in [2.05, 4.69) is 35.9 Å². The Hall–Kier alpha value is -4.17. The summed E-state index contributed by atoms with van der Waals surface area (Å²) in [4.78, 5) is 45.4. The molecule has 0 saturated carbocycles. The fourth-order valence-corrected chi connectivity index (χ4v) is 3.15. The molecule has 3 rings (SSSR count). The number of anilines is 1. The maximum absolute atomic E-state index is 12.9. The average Bonchev–Trinajstić information content (AvgIpc) is 2.80. The van der Waals surface area contributed by atoms with Crippen LogP contribution >= 0.6 is 0 Å². The highest BCUT2D eigenvalue weighted by Gasteiger charge is 2.21. The molecule has 176 valence electrons. The van der Waals surface area contributed by atoms with Crippen molar-refractivity contribution < 1.29 is 28.9 Å². The molecule has 0 radical (unpaired) electrons. The molecular formula is C26H26N2O6. The second-order valence-electron chi connectivity index (χ2n) is 8.52. The Balaban J connectivity index is 1.75. The van der Waals surface area contributed by atoms with Crippen LogP contribution < -0.4 is 15.8 Å². The van der Waals surface area contributed by atoms with Crippen molar-refractivity contribution in [3.05, 3.63) is 89.0 Å². The van der Waals surface area contributed by atoms with Crippen molar-refractivity contribution in [3.63, 3.8) is 0 Å². The van der Waals surface area contributed by atoms with Gasteiger partial charge in [-0.1, -0.05) is 32.9 Å². The van der Waals surface area contributed by atoms with Crippen LogP contribution in [0.5, 0.6) is 11.5 Å². The van der Waals surface area contributed by atoms with Gasteiger partial charge in [0.15, 0.2) is 0 Å². The van der Waals surface area contributed by atoms with Crippen LogP contribution in [-0.2, 0) is 15.2 Å². The molecule has 3 aromatic carbocycles. The molecular weight excluding hydrogens is 436 g/mol. The zero-order chi connectivity index (χ0) is 24.9. The van der Waals surface area contributed by atoms with Crippen molar-refractivity contribution in [1.82, 2.24) is 0 Å². The molecule has 0 aromatic heterocycles. The third kappa shape index (κ3) is 5.99. The molecule has 0 atom stereocenters. The van der Waals surface area contributed by atoms with E-state index in [0.29, 0.717) is 17.2 Å². The standard InChI is InChI=1S/C26H26N2O6/c1-26(2,3)17-6-10-19(11-7-17)33-20-12-8-18(9-13-20)28-24(30)22-15-16(23(27)29)5-14-21(22)25(31)34-32-4/h5-15H,1-4H3,(H2,27,29)(H,28,30). The van der Waals surface area contributed by atoms with E-state index in [1.165, 1.54) is 23.8 Å². The monoisotopic (exact) mass is 462 g/mol. The third-order valence-corrected chi connectivity index (χ3v) is 5.00. The molecule has 0 unspecified atom stereocenters. The number of amides is 2. The number of ether oxygens (including phenoxy) is 1. The Kier molecular flexibility index (Phi) is 7.33. The minimum absolute atomic E-state index is 0.0511. The molecule has 8 heteroatoms. The van der Waals surface area contributed by atoms with Gasteiger partial charge in [-0.25, -0.2) is 4.79 Å². The van der Waals surface area contributed by atoms with Gasteiger partial charge in [-0.2, -0.15) is 4.89 Å². The lowest BCUT2D eigenvalue weighted by molar-refractivity contribution is -0.216. The summed E-state index contributed by atoms with van der Waals surface area (Å²) in [6, 6.07) is 18.4. The Morgan fingerprint density at radius 1 is 0.824 bits per heavy atom. The first-order valence-corrected chi connectivity index (χ1v) is 10.5. The topological polar surface area (TPSA) is 117 Å². The number of carbonyl (C=O) groups is 3. The molecule has 2 amide bonds. The largest absolute Gasteiger partial charge is 0.457 e. The summed E-state index contributed by atoms with van der Waals surface area (Å²) in [5.41, 5.74) is 6.91. The van der Waals surface area contributed by atoms with Gasteiger partial charge < -0.3 is 15.8 Å². The number of rotatable bonds is 7. The lowest BCUT2D eigenvalue weighted by Gasteiger charge is -2.19. The summed E-state index contributed by atoms with van der Waals surface area (Å²) in [6.45, 7) is 6.43. The molecule has 0 aliphatic heterocycles. The van der Waals surface area contributed by atoms with Crippen molar-refractivity contribution in [2.24, 2.45) is 5.73 Å². The van der Waals surface area contributed by atoms with Crippen molar-refractivity contribution in [1.29, 1.82) is 0 Å². The van der Waals surface area contributed by atoms with Crippen LogP contribution in [0.4, 0.5) is 5.69 Å². The SMILES string of the molecule is COOC(=O)c1ccc(C(N)=O)cc1C(=O)Nc1ccc(Oc2ccc(C(C)(C)C)cc2)cc1. The number of hydrogen-bond acceptors (Lipinski definition) is 6. The van der Waals surface area contributed by atoms with E-state index in [9.17, 15) is 14.4 Å². The normalized spacial score (nSPS) is 10.9. The van der Waals surface area contributed by atoms with E-state index in [1.54, 1.807) is 24.3 Å². The van der Waals surface area contributed by atoms with Crippen molar-refractivity contribution in [2.45, 2.75) is 26.2 Å². The van der Waals surface area contributed by atoms with Gasteiger partial charge in [0.2, 0.25) is 5.91 Å². The summed E-state index contributed by atoms with van der Waals surface area (Å²) < 4.78 is 5.87. The Bertz CT molecular complexity index is 1200. The minimum Gasteiger partial charge on any atom is -0.457 e. The van der Waals surface area contributed by atoms with Gasteiger partial charge in [-0.05, 0) is 65.6 Å². The quantitative estimate of drug-likeness (QED) is 0.383. The lowest BCUT2D eigenvalue weighted by atomic mass is 9.87. The first kappa shape index (κ1) is 24.5. The average molecular weight is 463 g/mol. The molecule has 0 heterocycles. The highest BCUT2D eigenvalue weighted by Crippen LogP contribution is 2.27. The van der Waals surface area contributed by atoms with Crippen LogP contribution in [-0.4, -0.2) is 24.9 Å². The van der Waals surface area contributed by atoms with Crippen LogP contribution in [0.15, 0.2) is 66.7 Å². The predicted molar refractivity (Wildman–Crippen MR) is 127 cm³/mol. The number of hydrogen-bond donors (Lipinski definition) is 2. The summed E-state index contributed by atoms with van der Waals surface area (Å²) in [5, 5.41) is 2.68. The maximum Gasteiger partial charge on any atom is 0.373 e. The number of benzene rings is 3. The van der Waals surface area contributed by atoms with E-state index in [4.69, 9.17) is 10.5 Å². The maximum atomic E-state index is 12.9. The summed E-state index contributed by atoms with van der Waals surface area (Å²) >= 11 is 0. The summed E-state index contributed by atoms with van der Waals surface area (Å²) in [5.74, 6) is -0.976. The van der Waals surface area contributed by atoms with Crippen LogP contribution in [0.1, 0.15) is 57.4 Å². The second-order valence-corrected chi connectivity index (χ2v) is 8.52. The molecule has 0 fully saturated rings. The smallest absolute Gasteiger partial charge is 0.373 e. The predicted octanol–water partition coefficient (Wildman–Crippen LogP) is 4.85. The molecule has 0 spiro atoms. The summed E-state index contributed by atoms with van der Waals surface area (Å²) in [6.07, 6.45) is 0. The Morgan fingerprint density at radius 3 is 1.94 bits per heavy atom. The number of carbonyl (C=O) groups excluding carboxylic acids is 3. The van der Waals surface area contributed by atoms with E-state index in [1.807, 2.05) is 24.3 Å². The highest BCUT2D eigenvalue weighted by molar-refractivity contribution is 6.12. The molecule has 3 N–H and O–H groups in total.